The van der Waals surface area contributed by atoms with Crippen LogP contribution in [0, 0.1) is 13.8 Å². The highest BCUT2D eigenvalue weighted by molar-refractivity contribution is 5.85. The fraction of sp³-hybridized carbons (Fsp3) is 0.429. The summed E-state index contributed by atoms with van der Waals surface area (Å²) in [5.41, 5.74) is 2.62. The molecule has 1 unspecified atom stereocenters. The number of carbonyl (C=O) groups is 2. The molecule has 0 saturated heterocycles. The number of halogens is 2. The molecule has 1 amide bonds. The molecule has 0 aromatic heterocycles. The lowest BCUT2D eigenvalue weighted by molar-refractivity contribution is -0.142. The summed E-state index contributed by atoms with van der Waals surface area (Å²) < 4.78 is 24.4. The third-order valence-corrected chi connectivity index (χ3v) is 2.90. The monoisotopic (exact) mass is 285 g/mol. The Bertz CT molecular complexity index is 503. The van der Waals surface area contributed by atoms with Crippen LogP contribution in [-0.2, 0) is 16.0 Å². The lowest BCUT2D eigenvalue weighted by Crippen LogP contribution is -2.42. The van der Waals surface area contributed by atoms with E-state index in [2.05, 4.69) is 5.32 Å². The maximum Gasteiger partial charge on any atom is 0.326 e. The van der Waals surface area contributed by atoms with Crippen molar-refractivity contribution < 1.29 is 23.5 Å². The molecule has 1 aromatic carbocycles. The molecule has 0 aliphatic rings. The number of hydrogen-bond donors (Lipinski definition) is 2. The minimum atomic E-state index is -2.78. The summed E-state index contributed by atoms with van der Waals surface area (Å²) >= 11 is 0. The number of aliphatic carboxylic acids is 1. The molecule has 0 aliphatic heterocycles. The van der Waals surface area contributed by atoms with E-state index >= 15 is 0 Å². The maximum atomic E-state index is 12.2. The van der Waals surface area contributed by atoms with Gasteiger partial charge < -0.3 is 10.4 Å². The highest BCUT2D eigenvalue weighted by Gasteiger charge is 2.24. The van der Waals surface area contributed by atoms with Gasteiger partial charge in [0.25, 0.3) is 0 Å². The summed E-state index contributed by atoms with van der Waals surface area (Å²) in [5.74, 6) is -2.04. The Balaban J connectivity index is 2.70. The fourth-order valence-electron chi connectivity index (χ4n) is 1.81. The van der Waals surface area contributed by atoms with Crippen LogP contribution in [0.2, 0.25) is 0 Å². The Morgan fingerprint density at radius 2 is 1.95 bits per heavy atom. The van der Waals surface area contributed by atoms with Crippen LogP contribution in [-0.4, -0.2) is 29.5 Å². The van der Waals surface area contributed by atoms with Crippen molar-refractivity contribution in [2.45, 2.75) is 39.2 Å². The van der Waals surface area contributed by atoms with E-state index in [0.717, 1.165) is 16.7 Å². The Morgan fingerprint density at radius 3 is 2.50 bits per heavy atom. The van der Waals surface area contributed by atoms with E-state index in [9.17, 15) is 18.4 Å². The largest absolute Gasteiger partial charge is 0.480 e. The smallest absolute Gasteiger partial charge is 0.326 e. The van der Waals surface area contributed by atoms with Crippen molar-refractivity contribution >= 4 is 11.9 Å². The van der Waals surface area contributed by atoms with Crippen molar-refractivity contribution in [2.24, 2.45) is 0 Å². The van der Waals surface area contributed by atoms with Crippen LogP contribution >= 0.6 is 0 Å². The van der Waals surface area contributed by atoms with E-state index in [-0.39, 0.29) is 6.42 Å². The Morgan fingerprint density at radius 1 is 1.30 bits per heavy atom. The van der Waals surface area contributed by atoms with Crippen molar-refractivity contribution in [2.75, 3.05) is 0 Å². The Kier molecular flexibility index (Phi) is 5.61. The molecule has 4 nitrogen and oxygen atoms in total. The minimum absolute atomic E-state index is 0.0273. The first-order valence-electron chi connectivity index (χ1n) is 6.16. The number of nitrogens with one attached hydrogen (secondary N) is 1. The average molecular weight is 285 g/mol. The topological polar surface area (TPSA) is 66.4 Å². The van der Waals surface area contributed by atoms with E-state index in [4.69, 9.17) is 5.11 Å². The van der Waals surface area contributed by atoms with Crippen LogP contribution in [0.5, 0.6) is 0 Å². The maximum absolute atomic E-state index is 12.2. The first-order chi connectivity index (χ1) is 9.29. The van der Waals surface area contributed by atoms with Crippen LogP contribution in [0.15, 0.2) is 18.2 Å². The summed E-state index contributed by atoms with van der Waals surface area (Å²) in [4.78, 5) is 22.5. The van der Waals surface area contributed by atoms with E-state index in [1.165, 1.54) is 0 Å². The molecule has 0 radical (unpaired) electrons. The van der Waals surface area contributed by atoms with Gasteiger partial charge in [-0.1, -0.05) is 23.8 Å². The van der Waals surface area contributed by atoms with Gasteiger partial charge in [0.1, 0.15) is 6.04 Å². The van der Waals surface area contributed by atoms with Crippen LogP contribution < -0.4 is 5.32 Å². The molecule has 0 heterocycles. The van der Waals surface area contributed by atoms with Gasteiger partial charge in [0.05, 0.1) is 6.42 Å². The van der Waals surface area contributed by atoms with E-state index < -0.39 is 30.8 Å². The summed E-state index contributed by atoms with van der Waals surface area (Å²) in [5, 5.41) is 10.9. The summed E-state index contributed by atoms with van der Waals surface area (Å²) in [6.45, 7) is 3.70. The Labute approximate surface area is 115 Å². The highest BCUT2D eigenvalue weighted by atomic mass is 19.3. The van der Waals surface area contributed by atoms with Crippen LogP contribution in [0.25, 0.3) is 0 Å². The molecule has 0 bridgehead atoms. The van der Waals surface area contributed by atoms with Crippen molar-refractivity contribution in [3.63, 3.8) is 0 Å². The van der Waals surface area contributed by atoms with Crippen LogP contribution in [0.1, 0.15) is 23.1 Å². The molecule has 6 heteroatoms. The molecule has 1 rings (SSSR count). The number of carboxylic acids is 1. The number of amides is 1. The van der Waals surface area contributed by atoms with Gasteiger partial charge in [-0.15, -0.1) is 0 Å². The molecule has 1 aromatic rings. The SMILES string of the molecule is Cc1ccc(C)c(CC(=O)NC(CC(F)F)C(=O)O)c1. The zero-order valence-corrected chi connectivity index (χ0v) is 11.3. The molecule has 0 aliphatic carbocycles. The number of carbonyl (C=O) groups excluding carboxylic acids is 1. The molecule has 0 fully saturated rings. The second kappa shape index (κ2) is 6.98. The second-order valence-electron chi connectivity index (χ2n) is 4.69. The number of hydrogen-bond acceptors (Lipinski definition) is 2. The van der Waals surface area contributed by atoms with Gasteiger partial charge in [-0.05, 0) is 25.0 Å². The van der Waals surface area contributed by atoms with Crippen molar-refractivity contribution in [1.82, 2.24) is 5.32 Å². The van der Waals surface area contributed by atoms with Gasteiger partial charge >= 0.3 is 5.97 Å². The first-order valence-corrected chi connectivity index (χ1v) is 6.16. The van der Waals surface area contributed by atoms with Gasteiger partial charge in [-0.3, -0.25) is 4.79 Å². The molecule has 0 saturated carbocycles. The molecular weight excluding hydrogens is 268 g/mol. The summed E-state index contributed by atoms with van der Waals surface area (Å²) in [6, 6.07) is 4.00. The number of benzene rings is 1. The first kappa shape index (κ1) is 16.1. The lowest BCUT2D eigenvalue weighted by Gasteiger charge is -2.14. The third-order valence-electron chi connectivity index (χ3n) is 2.90. The second-order valence-corrected chi connectivity index (χ2v) is 4.69. The summed E-state index contributed by atoms with van der Waals surface area (Å²) in [7, 11) is 0. The number of rotatable bonds is 6. The number of alkyl halides is 2. The third kappa shape index (κ3) is 4.95. The van der Waals surface area contributed by atoms with Gasteiger partial charge in [-0.25, -0.2) is 13.6 Å². The molecule has 2 N–H and O–H groups in total. The zero-order chi connectivity index (χ0) is 15.3. The van der Waals surface area contributed by atoms with Crippen molar-refractivity contribution in [3.8, 4) is 0 Å². The summed E-state index contributed by atoms with van der Waals surface area (Å²) in [6.07, 6.45) is -3.70. The standard InChI is InChI=1S/C14H17F2NO3/c1-8-3-4-9(2)10(5-8)6-13(18)17-11(14(19)20)7-12(15)16/h3-5,11-12H,6-7H2,1-2H3,(H,17,18)(H,19,20). The van der Waals surface area contributed by atoms with Crippen molar-refractivity contribution in [3.05, 3.63) is 34.9 Å². The van der Waals surface area contributed by atoms with Crippen LogP contribution in [0.3, 0.4) is 0 Å². The molecular formula is C14H17F2NO3. The molecule has 110 valence electrons. The normalized spacial score (nSPS) is 12.2. The van der Waals surface area contributed by atoms with Gasteiger partial charge in [0.2, 0.25) is 12.3 Å². The van der Waals surface area contributed by atoms with E-state index in [0.29, 0.717) is 0 Å². The van der Waals surface area contributed by atoms with Crippen LogP contribution in [0.4, 0.5) is 8.78 Å². The van der Waals surface area contributed by atoms with E-state index in [1.807, 2.05) is 32.0 Å². The van der Waals surface area contributed by atoms with E-state index in [1.54, 1.807) is 0 Å². The predicted octanol–water partition coefficient (Wildman–Crippen LogP) is 2.07. The van der Waals surface area contributed by atoms with Gasteiger partial charge in [0, 0.05) is 6.42 Å². The molecule has 20 heavy (non-hydrogen) atoms. The minimum Gasteiger partial charge on any atom is -0.480 e. The number of aryl methyl sites for hydroxylation is 2. The molecule has 1 atom stereocenters. The number of carboxylic acid groups (broad SMARTS) is 1. The zero-order valence-electron chi connectivity index (χ0n) is 11.3. The average Bonchev–Trinajstić information content (AvgIpc) is 2.32. The van der Waals surface area contributed by atoms with Gasteiger partial charge in [-0.2, -0.15) is 0 Å². The van der Waals surface area contributed by atoms with Gasteiger partial charge in [0.15, 0.2) is 0 Å². The highest BCUT2D eigenvalue weighted by Crippen LogP contribution is 2.12. The molecule has 0 spiro atoms. The van der Waals surface area contributed by atoms with Crippen molar-refractivity contribution in [1.29, 1.82) is 0 Å². The Hall–Kier alpha value is -1.98. The quantitative estimate of drug-likeness (QED) is 0.841. The lowest BCUT2D eigenvalue weighted by atomic mass is 10.0. The fourth-order valence-corrected chi connectivity index (χ4v) is 1.81. The predicted molar refractivity (Wildman–Crippen MR) is 69.8 cm³/mol.